The quantitative estimate of drug-likeness (QED) is 0.0526. The first-order chi connectivity index (χ1) is 23.3. The van der Waals surface area contributed by atoms with E-state index in [1.54, 1.807) is 23.8 Å². The number of rotatable bonds is 31. The van der Waals surface area contributed by atoms with E-state index in [9.17, 15) is 0 Å². The molecular formula is C45H80S2Sn. The van der Waals surface area contributed by atoms with Crippen LogP contribution in [-0.4, -0.2) is 18.4 Å². The van der Waals surface area contributed by atoms with Gasteiger partial charge in [0.15, 0.2) is 0 Å². The van der Waals surface area contributed by atoms with Gasteiger partial charge in [-0.15, -0.1) is 0 Å². The van der Waals surface area contributed by atoms with Crippen LogP contribution in [0, 0.1) is 6.92 Å². The third kappa shape index (κ3) is 14.7. The van der Waals surface area contributed by atoms with E-state index in [0.717, 1.165) is 0 Å². The Labute approximate surface area is 313 Å². The Kier molecular flexibility index (Phi) is 21.7. The zero-order valence-electron chi connectivity index (χ0n) is 33.2. The van der Waals surface area contributed by atoms with Crippen LogP contribution in [0.1, 0.15) is 222 Å². The molecule has 0 atom stereocenters. The molecule has 0 aliphatic heterocycles. The molecule has 0 aromatic carbocycles. The first kappa shape index (κ1) is 42.6. The summed E-state index contributed by atoms with van der Waals surface area (Å²) in [5.41, 5.74) is 3.82. The summed E-state index contributed by atoms with van der Waals surface area (Å²) in [6, 6.07) is 5.39. The van der Waals surface area contributed by atoms with Crippen molar-refractivity contribution in [2.45, 2.75) is 234 Å². The van der Waals surface area contributed by atoms with Crippen LogP contribution in [-0.2, 0) is 5.41 Å². The predicted octanol–water partition coefficient (Wildman–Crippen LogP) is 16.7. The summed E-state index contributed by atoms with van der Waals surface area (Å²) in [6.07, 6.45) is 43.3. The monoisotopic (exact) mass is 804 g/mol. The van der Waals surface area contributed by atoms with E-state index in [1.165, 1.54) is 198 Å². The minimum atomic E-state index is -2.13. The Morgan fingerprint density at radius 1 is 0.438 bits per heavy atom. The molecule has 0 spiro atoms. The Morgan fingerprint density at radius 3 is 1.10 bits per heavy atom. The summed E-state index contributed by atoms with van der Waals surface area (Å²) in [7, 11) is 0. The molecular weight excluding hydrogens is 723 g/mol. The summed E-state index contributed by atoms with van der Waals surface area (Å²) in [5, 5.41) is 0. The maximum absolute atomic E-state index is 2.77. The molecule has 2 heterocycles. The minimum absolute atomic E-state index is 0.301. The fraction of sp³-hybridized carbons (Fsp3) is 0.822. The molecule has 276 valence electrons. The normalized spacial score (nSPS) is 13.8. The van der Waals surface area contributed by atoms with Gasteiger partial charge >= 0.3 is 212 Å². The van der Waals surface area contributed by atoms with E-state index < -0.39 is 18.4 Å². The van der Waals surface area contributed by atoms with Crippen LogP contribution in [0.25, 0.3) is 9.75 Å². The molecule has 0 nitrogen and oxygen atoms in total. The van der Waals surface area contributed by atoms with Gasteiger partial charge in [-0.3, -0.25) is 0 Å². The van der Waals surface area contributed by atoms with Gasteiger partial charge in [-0.05, 0) is 0 Å². The van der Waals surface area contributed by atoms with E-state index in [1.807, 2.05) is 0 Å². The third-order valence-corrected chi connectivity index (χ3v) is 23.3. The molecule has 3 rings (SSSR count). The molecule has 0 fully saturated rings. The average molecular weight is 804 g/mol. The Morgan fingerprint density at radius 2 is 0.750 bits per heavy atom. The standard InChI is InChI=1S/C42H71S2.3CH3.Sn/c1-4-6-8-10-12-14-16-18-20-22-24-26-28-30-33-42(38-32-35-43-40(38)41-39(42)36-37(3)44-41)34-31-29-27-25-23-21-19-17-15-13-11-9-7-5-2;;;;/h32,36H,4-31,33-34H2,1-3H3;3*1H3;. The van der Waals surface area contributed by atoms with Gasteiger partial charge in [-0.1, -0.05) is 104 Å². The van der Waals surface area contributed by atoms with Gasteiger partial charge in [0, 0.05) is 0 Å². The summed E-state index contributed by atoms with van der Waals surface area (Å²) >= 11 is 2.20. The van der Waals surface area contributed by atoms with Crippen LogP contribution >= 0.6 is 22.7 Å². The SMILES string of the molecule is CCCCCCCCCCCCCCCCC1(CCCCCCCCCCCCCCCC)c2cc(C)sc2-c2s[c]([Sn]([CH3])([CH3])[CH3])cc21. The number of aryl methyl sites for hydroxylation is 1. The van der Waals surface area contributed by atoms with Crippen molar-refractivity contribution in [3.63, 3.8) is 0 Å². The zero-order valence-corrected chi connectivity index (χ0v) is 37.7. The molecule has 0 amide bonds. The first-order valence-corrected chi connectivity index (χ1v) is 33.2. The molecule has 2 aromatic heterocycles. The van der Waals surface area contributed by atoms with Gasteiger partial charge in [0.1, 0.15) is 0 Å². The van der Waals surface area contributed by atoms with Gasteiger partial charge in [-0.25, -0.2) is 0 Å². The van der Waals surface area contributed by atoms with Crippen molar-refractivity contribution in [1.29, 1.82) is 0 Å². The average Bonchev–Trinajstić information content (AvgIpc) is 3.73. The Bertz CT molecular complexity index is 1050. The zero-order chi connectivity index (χ0) is 34.5. The van der Waals surface area contributed by atoms with Crippen LogP contribution < -0.4 is 2.89 Å². The van der Waals surface area contributed by atoms with Crippen molar-refractivity contribution < 1.29 is 0 Å². The molecule has 0 radical (unpaired) electrons. The van der Waals surface area contributed by atoms with Gasteiger partial charge < -0.3 is 0 Å². The summed E-state index contributed by atoms with van der Waals surface area (Å²) in [6.45, 7) is 7.00. The maximum atomic E-state index is 2.77. The number of thiophene rings is 2. The molecule has 3 heteroatoms. The number of hydrogen-bond acceptors (Lipinski definition) is 2. The van der Waals surface area contributed by atoms with E-state index in [4.69, 9.17) is 0 Å². The van der Waals surface area contributed by atoms with E-state index in [2.05, 4.69) is 70.4 Å². The van der Waals surface area contributed by atoms with Crippen molar-refractivity contribution >= 4 is 43.9 Å². The summed E-state index contributed by atoms with van der Waals surface area (Å²) in [5.74, 6) is 0. The molecule has 0 bridgehead atoms. The van der Waals surface area contributed by atoms with Crippen LogP contribution in [0.4, 0.5) is 0 Å². The molecule has 2 aromatic rings. The van der Waals surface area contributed by atoms with Crippen molar-refractivity contribution in [2.24, 2.45) is 0 Å². The molecule has 1 aliphatic carbocycles. The Hall–Kier alpha value is 0.199. The molecule has 0 saturated carbocycles. The van der Waals surface area contributed by atoms with Gasteiger partial charge in [0.2, 0.25) is 0 Å². The second-order valence-electron chi connectivity index (χ2n) is 17.0. The van der Waals surface area contributed by atoms with E-state index >= 15 is 0 Å². The van der Waals surface area contributed by atoms with E-state index in [0.29, 0.717) is 5.41 Å². The fourth-order valence-electron chi connectivity index (χ4n) is 8.37. The molecule has 0 N–H and O–H groups in total. The molecule has 1 aliphatic rings. The van der Waals surface area contributed by atoms with Crippen LogP contribution in [0.3, 0.4) is 0 Å². The Balaban J connectivity index is 1.44. The van der Waals surface area contributed by atoms with Crippen LogP contribution in [0.15, 0.2) is 12.1 Å². The van der Waals surface area contributed by atoms with Gasteiger partial charge in [0.05, 0.1) is 0 Å². The number of unbranched alkanes of at least 4 members (excludes halogenated alkanes) is 26. The van der Waals surface area contributed by atoms with Crippen LogP contribution in [0.2, 0.25) is 14.8 Å². The van der Waals surface area contributed by atoms with Gasteiger partial charge in [-0.2, -0.15) is 0 Å². The number of hydrogen-bond donors (Lipinski definition) is 0. The third-order valence-electron chi connectivity index (χ3n) is 11.5. The topological polar surface area (TPSA) is 0 Å². The van der Waals surface area contributed by atoms with Crippen molar-refractivity contribution in [1.82, 2.24) is 0 Å². The molecule has 0 unspecified atom stereocenters. The van der Waals surface area contributed by atoms with Gasteiger partial charge in [0.25, 0.3) is 0 Å². The number of fused-ring (bicyclic) bond motifs is 3. The van der Waals surface area contributed by atoms with Crippen LogP contribution in [0.5, 0.6) is 0 Å². The summed E-state index contributed by atoms with van der Waals surface area (Å²) in [4.78, 5) is 12.8. The summed E-state index contributed by atoms with van der Waals surface area (Å²) < 4.78 is 1.80. The van der Waals surface area contributed by atoms with Crippen molar-refractivity contribution in [2.75, 3.05) is 0 Å². The first-order valence-electron chi connectivity index (χ1n) is 21.6. The van der Waals surface area contributed by atoms with E-state index in [-0.39, 0.29) is 0 Å². The molecule has 0 saturated heterocycles. The second kappa shape index (κ2) is 24.4. The predicted molar refractivity (Wildman–Crippen MR) is 226 cm³/mol. The second-order valence-corrected chi connectivity index (χ2v) is 34.7. The fourth-order valence-corrected chi connectivity index (χ4v) is 16.1. The van der Waals surface area contributed by atoms with Crippen molar-refractivity contribution in [3.05, 3.63) is 28.1 Å². The van der Waals surface area contributed by atoms with Crippen molar-refractivity contribution in [3.8, 4) is 9.75 Å². The molecule has 48 heavy (non-hydrogen) atoms.